The molecule has 2 N–H and O–H groups in total. The largest absolute Gasteiger partial charge is 0.371 e. The van der Waals surface area contributed by atoms with Crippen molar-refractivity contribution in [1.29, 1.82) is 0 Å². The second-order valence-electron chi connectivity index (χ2n) is 3.81. The average Bonchev–Trinajstić information content (AvgIpc) is 2.36. The molecular weight excluding hydrogens is 253 g/mol. The van der Waals surface area contributed by atoms with Crippen LogP contribution in [0.15, 0.2) is 12.3 Å². The van der Waals surface area contributed by atoms with E-state index in [-0.39, 0.29) is 17.4 Å². The van der Waals surface area contributed by atoms with E-state index in [4.69, 9.17) is 0 Å². The molecule has 1 unspecified atom stereocenters. The molecule has 1 aromatic heterocycles. The minimum absolute atomic E-state index is 0.00745. The van der Waals surface area contributed by atoms with Gasteiger partial charge in [-0.15, -0.1) is 0 Å². The first-order valence-electron chi connectivity index (χ1n) is 5.81. The molecule has 4 nitrogen and oxygen atoms in total. The van der Waals surface area contributed by atoms with Gasteiger partial charge in [-0.3, -0.25) is 4.79 Å². The fourth-order valence-corrected chi connectivity index (χ4v) is 2.10. The number of carbonyl (C=O) groups excluding carboxylic acids is 1. The molecule has 18 heavy (non-hydrogen) atoms. The first-order valence-corrected chi connectivity index (χ1v) is 6.96. The standard InChI is InChI=1S/C12H18FN3OS/c1-4-18-7-8(2)16-12(17)9-5-6-15-11(14-3)10(9)13/h5-6,8H,4,7H2,1-3H3,(H,14,15)(H,16,17). The first-order chi connectivity index (χ1) is 8.60. The smallest absolute Gasteiger partial charge is 0.254 e. The molecule has 0 aliphatic heterocycles. The second-order valence-corrected chi connectivity index (χ2v) is 5.12. The van der Waals surface area contributed by atoms with Gasteiger partial charge in [0, 0.05) is 25.0 Å². The number of pyridine rings is 1. The maximum absolute atomic E-state index is 13.8. The Morgan fingerprint density at radius 3 is 2.94 bits per heavy atom. The van der Waals surface area contributed by atoms with E-state index in [9.17, 15) is 9.18 Å². The van der Waals surface area contributed by atoms with Crippen LogP contribution in [0.1, 0.15) is 24.2 Å². The SMILES string of the molecule is CCSCC(C)NC(=O)c1ccnc(NC)c1F. The summed E-state index contributed by atoms with van der Waals surface area (Å²) in [6.07, 6.45) is 1.41. The molecule has 0 fully saturated rings. The maximum Gasteiger partial charge on any atom is 0.254 e. The quantitative estimate of drug-likeness (QED) is 0.832. The number of anilines is 1. The predicted molar refractivity (Wildman–Crippen MR) is 73.7 cm³/mol. The summed E-state index contributed by atoms with van der Waals surface area (Å²) >= 11 is 1.73. The Bertz CT molecular complexity index is 414. The van der Waals surface area contributed by atoms with Gasteiger partial charge in [0.15, 0.2) is 11.6 Å². The average molecular weight is 271 g/mol. The second kappa shape index (κ2) is 7.20. The molecule has 1 heterocycles. The van der Waals surface area contributed by atoms with Crippen molar-refractivity contribution in [3.63, 3.8) is 0 Å². The van der Waals surface area contributed by atoms with Gasteiger partial charge in [-0.05, 0) is 18.7 Å². The summed E-state index contributed by atoms with van der Waals surface area (Å²) in [4.78, 5) is 15.7. The van der Waals surface area contributed by atoms with E-state index in [1.165, 1.54) is 12.3 Å². The Labute approximate surface area is 111 Å². The fourth-order valence-electron chi connectivity index (χ4n) is 1.43. The molecule has 1 aromatic rings. The Morgan fingerprint density at radius 2 is 2.33 bits per heavy atom. The Hall–Kier alpha value is -1.30. The molecule has 1 rings (SSSR count). The van der Waals surface area contributed by atoms with Crippen molar-refractivity contribution in [3.05, 3.63) is 23.6 Å². The molecule has 0 aliphatic rings. The van der Waals surface area contributed by atoms with Crippen molar-refractivity contribution >= 4 is 23.5 Å². The molecule has 0 saturated carbocycles. The third-order valence-electron chi connectivity index (χ3n) is 2.32. The summed E-state index contributed by atoms with van der Waals surface area (Å²) in [5.74, 6) is 0.864. The predicted octanol–water partition coefficient (Wildman–Crippen LogP) is 2.13. The van der Waals surface area contributed by atoms with Crippen LogP contribution in [0.5, 0.6) is 0 Å². The number of aromatic nitrogens is 1. The highest BCUT2D eigenvalue weighted by molar-refractivity contribution is 7.99. The number of amides is 1. The number of hydrogen-bond donors (Lipinski definition) is 2. The van der Waals surface area contributed by atoms with Crippen molar-refractivity contribution in [3.8, 4) is 0 Å². The van der Waals surface area contributed by atoms with E-state index in [2.05, 4.69) is 22.5 Å². The van der Waals surface area contributed by atoms with Gasteiger partial charge < -0.3 is 10.6 Å². The summed E-state index contributed by atoms with van der Waals surface area (Å²) in [5, 5.41) is 5.38. The van der Waals surface area contributed by atoms with Crippen molar-refractivity contribution in [2.45, 2.75) is 19.9 Å². The van der Waals surface area contributed by atoms with Crippen molar-refractivity contribution < 1.29 is 9.18 Å². The van der Waals surface area contributed by atoms with Crippen molar-refractivity contribution in [2.24, 2.45) is 0 Å². The zero-order valence-electron chi connectivity index (χ0n) is 10.8. The summed E-state index contributed by atoms with van der Waals surface area (Å²) in [6, 6.07) is 1.39. The van der Waals surface area contributed by atoms with E-state index < -0.39 is 11.7 Å². The highest BCUT2D eigenvalue weighted by Gasteiger charge is 2.16. The van der Waals surface area contributed by atoms with E-state index in [0.717, 1.165) is 11.5 Å². The van der Waals surface area contributed by atoms with E-state index in [1.807, 2.05) is 6.92 Å². The molecular formula is C12H18FN3OS. The first kappa shape index (κ1) is 14.8. The van der Waals surface area contributed by atoms with Crippen LogP contribution >= 0.6 is 11.8 Å². The monoisotopic (exact) mass is 271 g/mol. The van der Waals surface area contributed by atoms with Crippen LogP contribution in [-0.2, 0) is 0 Å². The number of nitrogens with zero attached hydrogens (tertiary/aromatic N) is 1. The van der Waals surface area contributed by atoms with Crippen LogP contribution in [0.25, 0.3) is 0 Å². The lowest BCUT2D eigenvalue weighted by Crippen LogP contribution is -2.35. The summed E-state index contributed by atoms with van der Waals surface area (Å²) in [6.45, 7) is 3.96. The molecule has 0 aliphatic carbocycles. The van der Waals surface area contributed by atoms with Crippen LogP contribution in [-0.4, -0.2) is 35.5 Å². The summed E-state index contributed by atoms with van der Waals surface area (Å²) in [7, 11) is 1.56. The zero-order chi connectivity index (χ0) is 13.5. The molecule has 0 aromatic carbocycles. The normalized spacial score (nSPS) is 12.0. The third kappa shape index (κ3) is 3.87. The fraction of sp³-hybridized carbons (Fsp3) is 0.500. The summed E-state index contributed by atoms with van der Waals surface area (Å²) in [5.41, 5.74) is 0.0164. The van der Waals surface area contributed by atoms with E-state index in [1.54, 1.807) is 18.8 Å². The lowest BCUT2D eigenvalue weighted by Gasteiger charge is -2.14. The van der Waals surface area contributed by atoms with Gasteiger partial charge >= 0.3 is 0 Å². The van der Waals surface area contributed by atoms with Crippen molar-refractivity contribution in [2.75, 3.05) is 23.9 Å². The van der Waals surface area contributed by atoms with E-state index in [0.29, 0.717) is 0 Å². The number of halogens is 1. The van der Waals surface area contributed by atoms with Crippen LogP contribution in [0, 0.1) is 5.82 Å². The lowest BCUT2D eigenvalue weighted by molar-refractivity contribution is 0.0939. The third-order valence-corrected chi connectivity index (χ3v) is 3.46. The van der Waals surface area contributed by atoms with Crippen LogP contribution in [0.3, 0.4) is 0 Å². The van der Waals surface area contributed by atoms with Gasteiger partial charge in [0.05, 0.1) is 5.56 Å². The molecule has 0 spiro atoms. The zero-order valence-corrected chi connectivity index (χ0v) is 11.6. The Morgan fingerprint density at radius 1 is 1.61 bits per heavy atom. The number of hydrogen-bond acceptors (Lipinski definition) is 4. The molecule has 0 bridgehead atoms. The minimum Gasteiger partial charge on any atom is -0.371 e. The molecule has 0 saturated heterocycles. The van der Waals surface area contributed by atoms with Crippen LogP contribution < -0.4 is 10.6 Å². The van der Waals surface area contributed by atoms with Gasteiger partial charge in [0.1, 0.15) is 0 Å². The number of thioether (sulfide) groups is 1. The molecule has 6 heteroatoms. The maximum atomic E-state index is 13.8. The Balaban J connectivity index is 2.72. The molecule has 1 atom stereocenters. The molecule has 0 radical (unpaired) electrons. The van der Waals surface area contributed by atoms with Gasteiger partial charge in [-0.25, -0.2) is 9.37 Å². The Kier molecular flexibility index (Phi) is 5.91. The van der Waals surface area contributed by atoms with Gasteiger partial charge in [-0.1, -0.05) is 6.92 Å². The van der Waals surface area contributed by atoms with E-state index >= 15 is 0 Å². The van der Waals surface area contributed by atoms with Gasteiger partial charge in [-0.2, -0.15) is 11.8 Å². The van der Waals surface area contributed by atoms with Crippen molar-refractivity contribution in [1.82, 2.24) is 10.3 Å². The number of carbonyl (C=O) groups is 1. The van der Waals surface area contributed by atoms with Gasteiger partial charge in [0.2, 0.25) is 0 Å². The topological polar surface area (TPSA) is 54.0 Å². The minimum atomic E-state index is -0.618. The van der Waals surface area contributed by atoms with Gasteiger partial charge in [0.25, 0.3) is 5.91 Å². The van der Waals surface area contributed by atoms with Crippen LogP contribution in [0.2, 0.25) is 0 Å². The van der Waals surface area contributed by atoms with Crippen LogP contribution in [0.4, 0.5) is 10.2 Å². The molecule has 100 valence electrons. The summed E-state index contributed by atoms with van der Waals surface area (Å²) < 4.78 is 13.8. The number of nitrogens with one attached hydrogen (secondary N) is 2. The molecule has 1 amide bonds. The lowest BCUT2D eigenvalue weighted by atomic mass is 10.2. The highest BCUT2D eigenvalue weighted by atomic mass is 32.2. The number of rotatable bonds is 6. The highest BCUT2D eigenvalue weighted by Crippen LogP contribution is 2.14.